The van der Waals surface area contributed by atoms with Gasteiger partial charge in [-0.1, -0.05) is 0 Å². The van der Waals surface area contributed by atoms with E-state index in [1.165, 1.54) is 9.75 Å². The van der Waals surface area contributed by atoms with Crippen LogP contribution in [0.4, 0.5) is 0 Å². The molecule has 0 bridgehead atoms. The second kappa shape index (κ2) is 5.41. The fourth-order valence-corrected chi connectivity index (χ4v) is 2.13. The molecule has 1 amide bonds. The molecule has 0 radical (unpaired) electrons. The highest BCUT2D eigenvalue weighted by atomic mass is 32.2. The van der Waals surface area contributed by atoms with Crippen molar-refractivity contribution in [1.29, 1.82) is 0 Å². The molecule has 0 aliphatic rings. The number of thiophene rings is 1. The molecule has 1 aromatic heterocycles. The zero-order valence-electron chi connectivity index (χ0n) is 8.66. The first-order valence-electron chi connectivity index (χ1n) is 4.49. The fourth-order valence-electron chi connectivity index (χ4n) is 1.01. The molecule has 4 heteroatoms. The van der Waals surface area contributed by atoms with E-state index in [9.17, 15) is 4.79 Å². The van der Waals surface area contributed by atoms with Crippen molar-refractivity contribution < 1.29 is 4.79 Å². The number of hydrogen-bond donors (Lipinski definition) is 1. The van der Waals surface area contributed by atoms with Gasteiger partial charge in [-0.15, -0.1) is 11.3 Å². The van der Waals surface area contributed by atoms with Crippen LogP contribution in [0.25, 0.3) is 0 Å². The minimum absolute atomic E-state index is 0.0380. The zero-order chi connectivity index (χ0) is 10.6. The Morgan fingerprint density at radius 2 is 2.36 bits per heavy atom. The minimum Gasteiger partial charge on any atom is -0.350 e. The summed E-state index contributed by atoms with van der Waals surface area (Å²) in [5.41, 5.74) is 0. The van der Waals surface area contributed by atoms with Crippen LogP contribution in [0.5, 0.6) is 0 Å². The van der Waals surface area contributed by atoms with Crippen LogP contribution in [0.3, 0.4) is 0 Å². The highest BCUT2D eigenvalue weighted by Gasteiger charge is 2.10. The summed E-state index contributed by atoms with van der Waals surface area (Å²) < 4.78 is 0. The third-order valence-corrected chi connectivity index (χ3v) is 3.88. The summed E-state index contributed by atoms with van der Waals surface area (Å²) >= 11 is 3.29. The number of carbonyl (C=O) groups is 1. The summed E-state index contributed by atoms with van der Waals surface area (Å²) in [6.45, 7) is 4.64. The molecule has 1 unspecified atom stereocenters. The van der Waals surface area contributed by atoms with Gasteiger partial charge in [-0.25, -0.2) is 0 Å². The summed E-state index contributed by atoms with van der Waals surface area (Å²) in [7, 11) is 0. The molecule has 1 atom stereocenters. The fraction of sp³-hybridized carbons (Fsp3) is 0.500. The number of thioether (sulfide) groups is 1. The molecule has 1 rings (SSSR count). The monoisotopic (exact) mass is 229 g/mol. The average molecular weight is 229 g/mol. The van der Waals surface area contributed by atoms with Gasteiger partial charge in [-0.05, 0) is 32.2 Å². The Kier molecular flexibility index (Phi) is 4.48. The first-order valence-corrected chi connectivity index (χ1v) is 6.59. The van der Waals surface area contributed by atoms with Crippen molar-refractivity contribution in [2.24, 2.45) is 0 Å². The van der Waals surface area contributed by atoms with Gasteiger partial charge in [-0.2, -0.15) is 11.8 Å². The van der Waals surface area contributed by atoms with Gasteiger partial charge in [0, 0.05) is 9.75 Å². The molecule has 2 nitrogen and oxygen atoms in total. The molecular weight excluding hydrogens is 214 g/mol. The van der Waals surface area contributed by atoms with Crippen molar-refractivity contribution >= 4 is 29.0 Å². The lowest BCUT2D eigenvalue weighted by Gasteiger charge is -2.08. The lowest BCUT2D eigenvalue weighted by Crippen LogP contribution is -2.29. The Morgan fingerprint density at radius 3 is 2.86 bits per heavy atom. The van der Waals surface area contributed by atoms with E-state index >= 15 is 0 Å². The van der Waals surface area contributed by atoms with E-state index in [2.05, 4.69) is 24.4 Å². The number of hydrogen-bond acceptors (Lipinski definition) is 3. The van der Waals surface area contributed by atoms with E-state index in [0.717, 1.165) is 0 Å². The molecule has 1 heterocycles. The zero-order valence-corrected chi connectivity index (χ0v) is 10.3. The maximum Gasteiger partial charge on any atom is 0.233 e. The van der Waals surface area contributed by atoms with Gasteiger partial charge < -0.3 is 5.32 Å². The molecule has 0 spiro atoms. The van der Waals surface area contributed by atoms with Gasteiger partial charge in [0.2, 0.25) is 5.91 Å². The van der Waals surface area contributed by atoms with Crippen LogP contribution in [0.15, 0.2) is 12.1 Å². The third kappa shape index (κ3) is 3.35. The Morgan fingerprint density at radius 1 is 1.64 bits per heavy atom. The van der Waals surface area contributed by atoms with Crippen LogP contribution in [0, 0.1) is 6.92 Å². The van der Waals surface area contributed by atoms with Gasteiger partial charge in [0.05, 0.1) is 11.8 Å². The standard InChI is InChI=1S/C10H15NOS2/c1-7-4-5-9(14-7)6-11-10(12)8(2)13-3/h4-5,8H,6H2,1-3H3,(H,11,12). The van der Waals surface area contributed by atoms with Gasteiger partial charge >= 0.3 is 0 Å². The second-order valence-corrected chi connectivity index (χ2v) is 5.66. The summed E-state index contributed by atoms with van der Waals surface area (Å²) in [6.07, 6.45) is 1.94. The van der Waals surface area contributed by atoms with E-state index in [-0.39, 0.29) is 11.2 Å². The smallest absolute Gasteiger partial charge is 0.233 e. The summed E-state index contributed by atoms with van der Waals surface area (Å²) in [4.78, 5) is 13.9. The van der Waals surface area contributed by atoms with Crippen LogP contribution < -0.4 is 5.32 Å². The molecule has 78 valence electrons. The van der Waals surface area contributed by atoms with Crippen molar-refractivity contribution in [2.45, 2.75) is 25.6 Å². The Bertz CT molecular complexity index is 309. The quantitative estimate of drug-likeness (QED) is 0.859. The Labute approximate surface area is 93.1 Å². The van der Waals surface area contributed by atoms with Crippen LogP contribution >= 0.6 is 23.1 Å². The summed E-state index contributed by atoms with van der Waals surface area (Å²) in [6, 6.07) is 4.13. The van der Waals surface area contributed by atoms with Crippen molar-refractivity contribution in [3.8, 4) is 0 Å². The van der Waals surface area contributed by atoms with E-state index in [0.29, 0.717) is 6.54 Å². The number of carbonyl (C=O) groups excluding carboxylic acids is 1. The first kappa shape index (κ1) is 11.6. The largest absolute Gasteiger partial charge is 0.350 e. The number of aryl methyl sites for hydroxylation is 1. The molecular formula is C10H15NOS2. The van der Waals surface area contributed by atoms with Gasteiger partial charge in [-0.3, -0.25) is 4.79 Å². The Hall–Kier alpha value is -0.480. The SMILES string of the molecule is CSC(C)C(=O)NCc1ccc(C)s1. The maximum atomic E-state index is 11.4. The molecule has 0 aliphatic carbocycles. The van der Waals surface area contributed by atoms with Crippen molar-refractivity contribution in [3.63, 3.8) is 0 Å². The molecule has 0 saturated heterocycles. The first-order chi connectivity index (χ1) is 6.63. The third-order valence-electron chi connectivity index (χ3n) is 1.96. The number of nitrogens with one attached hydrogen (secondary N) is 1. The topological polar surface area (TPSA) is 29.1 Å². The van der Waals surface area contributed by atoms with Crippen LogP contribution in [0.2, 0.25) is 0 Å². The van der Waals surface area contributed by atoms with E-state index in [1.54, 1.807) is 23.1 Å². The maximum absolute atomic E-state index is 11.4. The van der Waals surface area contributed by atoms with E-state index in [1.807, 2.05) is 13.2 Å². The molecule has 1 N–H and O–H groups in total. The van der Waals surface area contributed by atoms with Crippen molar-refractivity contribution in [2.75, 3.05) is 6.26 Å². The van der Waals surface area contributed by atoms with E-state index < -0.39 is 0 Å². The Balaban J connectivity index is 2.37. The van der Waals surface area contributed by atoms with Crippen molar-refractivity contribution in [1.82, 2.24) is 5.32 Å². The number of rotatable bonds is 4. The van der Waals surface area contributed by atoms with Gasteiger partial charge in [0.25, 0.3) is 0 Å². The molecule has 0 aliphatic heterocycles. The normalized spacial score (nSPS) is 12.5. The molecule has 0 aromatic carbocycles. The van der Waals surface area contributed by atoms with Gasteiger partial charge in [0.1, 0.15) is 0 Å². The minimum atomic E-state index is 0.0380. The van der Waals surface area contributed by atoms with Gasteiger partial charge in [0.15, 0.2) is 0 Å². The lowest BCUT2D eigenvalue weighted by atomic mass is 10.4. The predicted molar refractivity (Wildman–Crippen MR) is 63.9 cm³/mol. The molecule has 0 saturated carbocycles. The summed E-state index contributed by atoms with van der Waals surface area (Å²) in [5.74, 6) is 0.114. The molecule has 0 fully saturated rings. The van der Waals surface area contributed by atoms with Crippen LogP contribution in [-0.2, 0) is 11.3 Å². The second-order valence-electron chi connectivity index (χ2n) is 3.11. The molecule has 1 aromatic rings. The lowest BCUT2D eigenvalue weighted by molar-refractivity contribution is -0.120. The number of amides is 1. The highest BCUT2D eigenvalue weighted by Crippen LogP contribution is 2.14. The van der Waals surface area contributed by atoms with Crippen LogP contribution in [0.1, 0.15) is 16.7 Å². The van der Waals surface area contributed by atoms with E-state index in [4.69, 9.17) is 0 Å². The highest BCUT2D eigenvalue weighted by molar-refractivity contribution is 7.99. The molecule has 14 heavy (non-hydrogen) atoms. The average Bonchev–Trinajstić information content (AvgIpc) is 2.59. The summed E-state index contributed by atoms with van der Waals surface area (Å²) in [5, 5.41) is 2.95. The van der Waals surface area contributed by atoms with Crippen molar-refractivity contribution in [3.05, 3.63) is 21.9 Å². The predicted octanol–water partition coefficient (Wildman–Crippen LogP) is 2.42. The van der Waals surface area contributed by atoms with Crippen LogP contribution in [-0.4, -0.2) is 17.4 Å².